The summed E-state index contributed by atoms with van der Waals surface area (Å²) >= 11 is 3.36. The summed E-state index contributed by atoms with van der Waals surface area (Å²) in [4.78, 5) is 16.9. The summed E-state index contributed by atoms with van der Waals surface area (Å²) in [6.07, 6.45) is 1.74. The van der Waals surface area contributed by atoms with Crippen LogP contribution in [0.4, 0.5) is 0 Å². The van der Waals surface area contributed by atoms with E-state index in [-0.39, 0.29) is 11.9 Å². The first-order valence-corrected chi connectivity index (χ1v) is 6.89. The van der Waals surface area contributed by atoms with Crippen LogP contribution in [0.1, 0.15) is 24.2 Å². The third-order valence-corrected chi connectivity index (χ3v) is 3.07. The molecule has 2 aromatic rings. The van der Waals surface area contributed by atoms with Crippen LogP contribution in [0.3, 0.4) is 0 Å². The Labute approximate surface area is 120 Å². The number of halogens is 1. The predicted octanol–water partition coefficient (Wildman–Crippen LogP) is 3.25. The van der Waals surface area contributed by atoms with E-state index in [1.807, 2.05) is 44.2 Å². The van der Waals surface area contributed by atoms with Crippen molar-refractivity contribution in [3.8, 4) is 0 Å². The summed E-state index contributed by atoms with van der Waals surface area (Å²) in [5.41, 5.74) is 1.31. The highest BCUT2D eigenvalue weighted by atomic mass is 79.9. The molecule has 0 bridgehead atoms. The van der Waals surface area contributed by atoms with Gasteiger partial charge < -0.3 is 0 Å². The van der Waals surface area contributed by atoms with E-state index in [4.69, 9.17) is 0 Å². The first-order valence-electron chi connectivity index (χ1n) is 6.10. The predicted molar refractivity (Wildman–Crippen MR) is 79.0 cm³/mol. The van der Waals surface area contributed by atoms with Crippen LogP contribution in [0.2, 0.25) is 0 Å². The van der Waals surface area contributed by atoms with Gasteiger partial charge in [0.25, 0.3) is 5.91 Å². The second kappa shape index (κ2) is 5.97. The van der Waals surface area contributed by atoms with E-state index in [9.17, 15) is 4.79 Å². The molecule has 0 fully saturated rings. The molecular formula is C15H15BrN2O. The minimum atomic E-state index is -0.0764. The van der Waals surface area contributed by atoms with Gasteiger partial charge >= 0.3 is 0 Å². The molecular weight excluding hydrogens is 304 g/mol. The molecule has 1 aromatic heterocycles. The number of aromatic nitrogens is 1. The molecule has 0 aliphatic rings. The van der Waals surface area contributed by atoms with Crippen molar-refractivity contribution in [2.24, 2.45) is 4.99 Å². The zero-order valence-corrected chi connectivity index (χ0v) is 12.5. The Kier molecular flexibility index (Phi) is 4.32. The second-order valence-corrected chi connectivity index (χ2v) is 5.38. The molecule has 2 rings (SSSR count). The molecule has 19 heavy (non-hydrogen) atoms. The van der Waals surface area contributed by atoms with Crippen LogP contribution in [-0.2, 0) is 0 Å². The zero-order valence-electron chi connectivity index (χ0n) is 10.9. The molecule has 0 N–H and O–H groups in total. The molecule has 4 heteroatoms. The number of carbonyl (C=O) groups excluding carboxylic acids is 1. The minimum absolute atomic E-state index is 0.0764. The summed E-state index contributed by atoms with van der Waals surface area (Å²) in [5, 5.41) is 0. The van der Waals surface area contributed by atoms with E-state index in [1.54, 1.807) is 22.9 Å². The van der Waals surface area contributed by atoms with Crippen LogP contribution in [0.25, 0.3) is 0 Å². The van der Waals surface area contributed by atoms with E-state index in [0.29, 0.717) is 11.1 Å². The monoisotopic (exact) mass is 318 g/mol. The lowest BCUT2D eigenvalue weighted by atomic mass is 10.2. The van der Waals surface area contributed by atoms with Crippen molar-refractivity contribution >= 4 is 21.8 Å². The lowest BCUT2D eigenvalue weighted by molar-refractivity contribution is 0.0954. The Balaban J connectivity index is 2.48. The van der Waals surface area contributed by atoms with E-state index in [0.717, 1.165) is 4.47 Å². The van der Waals surface area contributed by atoms with Crippen LogP contribution in [0.5, 0.6) is 0 Å². The van der Waals surface area contributed by atoms with Crippen LogP contribution < -0.4 is 5.49 Å². The number of nitrogens with zero attached hydrogens (tertiary/aromatic N) is 2. The van der Waals surface area contributed by atoms with E-state index in [2.05, 4.69) is 20.9 Å². The van der Waals surface area contributed by atoms with Gasteiger partial charge in [0.2, 0.25) is 0 Å². The number of hydrogen-bond donors (Lipinski definition) is 0. The SMILES string of the molecule is CC(C)N=c1ccccn1C(=O)c1ccc(Br)cc1. The molecule has 0 aliphatic carbocycles. The van der Waals surface area contributed by atoms with Crippen molar-refractivity contribution in [2.45, 2.75) is 19.9 Å². The third kappa shape index (κ3) is 3.41. The quantitative estimate of drug-likeness (QED) is 0.837. The largest absolute Gasteiger partial charge is 0.268 e. The van der Waals surface area contributed by atoms with Gasteiger partial charge in [-0.25, -0.2) is 0 Å². The maximum Gasteiger partial charge on any atom is 0.263 e. The lowest BCUT2D eigenvalue weighted by Gasteiger charge is -2.07. The van der Waals surface area contributed by atoms with Gasteiger partial charge in [-0.05, 0) is 50.2 Å². The third-order valence-electron chi connectivity index (χ3n) is 2.54. The van der Waals surface area contributed by atoms with Crippen molar-refractivity contribution in [3.63, 3.8) is 0 Å². The molecule has 0 radical (unpaired) electrons. The first kappa shape index (κ1) is 13.7. The Morgan fingerprint density at radius 3 is 2.47 bits per heavy atom. The molecule has 0 atom stereocenters. The average Bonchev–Trinajstić information content (AvgIpc) is 2.39. The van der Waals surface area contributed by atoms with Gasteiger partial charge in [0.05, 0.1) is 0 Å². The smallest absolute Gasteiger partial charge is 0.263 e. The Morgan fingerprint density at radius 1 is 1.16 bits per heavy atom. The molecule has 0 amide bonds. The zero-order chi connectivity index (χ0) is 13.8. The Bertz CT molecular complexity index is 642. The van der Waals surface area contributed by atoms with Gasteiger partial charge in [-0.2, -0.15) is 0 Å². The fraction of sp³-hybridized carbons (Fsp3) is 0.200. The highest BCUT2D eigenvalue weighted by molar-refractivity contribution is 9.10. The standard InChI is InChI=1S/C15H15BrN2O/c1-11(2)17-14-5-3-4-10-18(14)15(19)12-6-8-13(16)9-7-12/h3-11H,1-2H3. The van der Waals surface area contributed by atoms with E-state index >= 15 is 0 Å². The normalized spacial score (nSPS) is 11.9. The number of rotatable bonds is 2. The fourth-order valence-electron chi connectivity index (χ4n) is 1.71. The van der Waals surface area contributed by atoms with Gasteiger partial charge in [0.1, 0.15) is 5.49 Å². The maximum atomic E-state index is 12.4. The molecule has 0 saturated heterocycles. The van der Waals surface area contributed by atoms with Gasteiger partial charge in [0, 0.05) is 22.3 Å². The van der Waals surface area contributed by atoms with Crippen molar-refractivity contribution in [3.05, 3.63) is 64.2 Å². The molecule has 0 saturated carbocycles. The number of pyridine rings is 1. The summed E-state index contributed by atoms with van der Waals surface area (Å²) in [6, 6.07) is 13.0. The summed E-state index contributed by atoms with van der Waals surface area (Å²) in [5.74, 6) is -0.0764. The molecule has 0 aliphatic heterocycles. The lowest BCUT2D eigenvalue weighted by Crippen LogP contribution is -2.28. The van der Waals surface area contributed by atoms with Crippen LogP contribution in [0, 0.1) is 0 Å². The van der Waals surface area contributed by atoms with E-state index in [1.165, 1.54) is 0 Å². The van der Waals surface area contributed by atoms with Crippen LogP contribution >= 0.6 is 15.9 Å². The number of carbonyl (C=O) groups is 1. The molecule has 0 unspecified atom stereocenters. The number of benzene rings is 1. The second-order valence-electron chi connectivity index (χ2n) is 4.46. The van der Waals surface area contributed by atoms with E-state index < -0.39 is 0 Å². The molecule has 0 spiro atoms. The molecule has 1 heterocycles. The van der Waals surface area contributed by atoms with Gasteiger partial charge in [0.15, 0.2) is 0 Å². The number of hydrogen-bond acceptors (Lipinski definition) is 2. The average molecular weight is 319 g/mol. The topological polar surface area (TPSA) is 34.4 Å². The van der Waals surface area contributed by atoms with Crippen LogP contribution in [0.15, 0.2) is 58.1 Å². The summed E-state index contributed by atoms with van der Waals surface area (Å²) in [6.45, 7) is 3.98. The Morgan fingerprint density at radius 2 is 1.84 bits per heavy atom. The molecule has 1 aromatic carbocycles. The molecule has 98 valence electrons. The first-order chi connectivity index (χ1) is 9.08. The van der Waals surface area contributed by atoms with Gasteiger partial charge in [-0.1, -0.05) is 22.0 Å². The van der Waals surface area contributed by atoms with Crippen molar-refractivity contribution < 1.29 is 4.79 Å². The van der Waals surface area contributed by atoms with Gasteiger partial charge in [-0.15, -0.1) is 0 Å². The highest BCUT2D eigenvalue weighted by Gasteiger charge is 2.08. The summed E-state index contributed by atoms with van der Waals surface area (Å²) < 4.78 is 2.53. The summed E-state index contributed by atoms with van der Waals surface area (Å²) in [7, 11) is 0. The maximum absolute atomic E-state index is 12.4. The Hall–Kier alpha value is -1.68. The fourth-order valence-corrected chi connectivity index (χ4v) is 1.97. The molecule has 3 nitrogen and oxygen atoms in total. The van der Waals surface area contributed by atoms with Gasteiger partial charge in [-0.3, -0.25) is 14.4 Å². The van der Waals surface area contributed by atoms with Crippen molar-refractivity contribution in [2.75, 3.05) is 0 Å². The van der Waals surface area contributed by atoms with Crippen LogP contribution in [-0.4, -0.2) is 16.5 Å². The van der Waals surface area contributed by atoms with Crippen molar-refractivity contribution in [1.82, 2.24) is 4.57 Å². The minimum Gasteiger partial charge on any atom is -0.268 e. The highest BCUT2D eigenvalue weighted by Crippen LogP contribution is 2.11. The van der Waals surface area contributed by atoms with Crippen molar-refractivity contribution in [1.29, 1.82) is 0 Å².